The van der Waals surface area contributed by atoms with Crippen LogP contribution in [0.15, 0.2) is 72.2 Å². The molecule has 0 aliphatic heterocycles. The summed E-state index contributed by atoms with van der Waals surface area (Å²) in [6, 6.07) is 21.6. The average Bonchev–Trinajstić information content (AvgIpc) is 3.50. The van der Waals surface area contributed by atoms with Crippen LogP contribution < -0.4 is 0 Å². The van der Waals surface area contributed by atoms with Gasteiger partial charge in [-0.25, -0.2) is 4.79 Å². The van der Waals surface area contributed by atoms with Gasteiger partial charge in [0.25, 0.3) is 5.91 Å². The van der Waals surface area contributed by atoms with E-state index in [2.05, 4.69) is 11.2 Å². The van der Waals surface area contributed by atoms with Crippen molar-refractivity contribution in [1.82, 2.24) is 14.7 Å². The van der Waals surface area contributed by atoms with Crippen LogP contribution in [-0.4, -0.2) is 38.8 Å². The lowest BCUT2D eigenvalue weighted by Gasteiger charge is -2.34. The summed E-state index contributed by atoms with van der Waals surface area (Å²) in [4.78, 5) is 29.0. The van der Waals surface area contributed by atoms with Crippen LogP contribution in [0.2, 0.25) is 0 Å². The van der Waals surface area contributed by atoms with Crippen LogP contribution in [0.25, 0.3) is 11.1 Å². The minimum atomic E-state index is -0.500. The van der Waals surface area contributed by atoms with Crippen LogP contribution in [0.3, 0.4) is 0 Å². The van der Waals surface area contributed by atoms with Gasteiger partial charge >= 0.3 is 6.09 Å². The minimum absolute atomic E-state index is 0.0352. The number of amides is 1. The van der Waals surface area contributed by atoms with Crippen LogP contribution in [0.4, 0.5) is 4.79 Å². The molecule has 2 heterocycles. The van der Waals surface area contributed by atoms with Crippen LogP contribution in [0, 0.1) is 11.3 Å². The molecule has 0 saturated heterocycles. The maximum Gasteiger partial charge on any atom is 0.435 e. The van der Waals surface area contributed by atoms with Crippen molar-refractivity contribution in [3.8, 4) is 17.2 Å². The lowest BCUT2D eigenvalue weighted by molar-refractivity contribution is 0.0642. The molecule has 2 aromatic heterocycles. The van der Waals surface area contributed by atoms with Crippen molar-refractivity contribution in [2.45, 2.75) is 50.8 Å². The first-order chi connectivity index (χ1) is 18.6. The molecular formula is C30H26N4O3S. The van der Waals surface area contributed by atoms with Crippen molar-refractivity contribution in [2.24, 2.45) is 0 Å². The third kappa shape index (κ3) is 4.85. The van der Waals surface area contributed by atoms with Gasteiger partial charge in [0.1, 0.15) is 17.6 Å². The second-order valence-electron chi connectivity index (χ2n) is 9.78. The topological polar surface area (TPSA) is 88.2 Å². The molecule has 1 saturated carbocycles. The molecule has 4 aromatic rings. The van der Waals surface area contributed by atoms with Gasteiger partial charge in [-0.1, -0.05) is 42.5 Å². The fraction of sp³-hybridized carbons (Fsp3) is 0.267. The standard InChI is InChI=1S/C30H26N4O3S/c31-17-28-26(14-15-38-28)21-6-8-22(9-7-21)29(35)34(24-10-11-24)25-12-13-27-23(16-25)18-33(32-27)30(36)37-19-20-4-2-1-3-5-20/h1-9,14-15,18,24-25H,10-13,16,19H2. The number of carbonyl (C=O) groups excluding carboxylic acids is 2. The van der Waals surface area contributed by atoms with Gasteiger partial charge < -0.3 is 9.64 Å². The van der Waals surface area contributed by atoms with E-state index in [1.54, 1.807) is 6.20 Å². The van der Waals surface area contributed by atoms with Gasteiger partial charge in [-0.3, -0.25) is 4.79 Å². The summed E-state index contributed by atoms with van der Waals surface area (Å²) in [6.07, 6.45) is 5.47. The number of ether oxygens (including phenoxy) is 1. The Morgan fingerprint density at radius 1 is 1.05 bits per heavy atom. The average molecular weight is 523 g/mol. The zero-order valence-corrected chi connectivity index (χ0v) is 21.6. The van der Waals surface area contributed by atoms with Crippen molar-refractivity contribution >= 4 is 23.3 Å². The normalized spacial score (nSPS) is 16.3. The van der Waals surface area contributed by atoms with Crippen LogP contribution in [-0.2, 0) is 24.2 Å². The third-order valence-electron chi connectivity index (χ3n) is 7.22. The number of aromatic nitrogens is 2. The SMILES string of the molecule is N#Cc1sccc1-c1ccc(C(=O)N(C2CC2)C2CCc3nn(C(=O)OCc4ccccc4)cc3C2)cc1. The van der Waals surface area contributed by atoms with E-state index in [4.69, 9.17) is 4.74 Å². The molecular weight excluding hydrogens is 496 g/mol. The quantitative estimate of drug-likeness (QED) is 0.318. The van der Waals surface area contributed by atoms with Crippen LogP contribution in [0.5, 0.6) is 0 Å². The smallest absolute Gasteiger partial charge is 0.435 e. The van der Waals surface area contributed by atoms with Crippen molar-refractivity contribution in [3.63, 3.8) is 0 Å². The number of nitriles is 1. The Morgan fingerprint density at radius 3 is 2.58 bits per heavy atom. The van der Waals surface area contributed by atoms with E-state index in [1.807, 2.05) is 70.9 Å². The van der Waals surface area contributed by atoms with Crippen molar-refractivity contribution < 1.29 is 14.3 Å². The van der Waals surface area contributed by atoms with E-state index in [9.17, 15) is 14.9 Å². The Morgan fingerprint density at radius 2 is 1.84 bits per heavy atom. The molecule has 0 bridgehead atoms. The van der Waals surface area contributed by atoms with Gasteiger partial charge in [0.05, 0.1) is 5.69 Å². The molecule has 38 heavy (non-hydrogen) atoms. The molecule has 2 aliphatic carbocycles. The van der Waals surface area contributed by atoms with Crippen molar-refractivity contribution in [2.75, 3.05) is 0 Å². The number of carbonyl (C=O) groups is 2. The molecule has 1 amide bonds. The molecule has 7 nitrogen and oxygen atoms in total. The number of hydrogen-bond donors (Lipinski definition) is 0. The Kier molecular flexibility index (Phi) is 6.52. The zero-order valence-electron chi connectivity index (χ0n) is 20.7. The number of thiophene rings is 1. The Bertz CT molecular complexity index is 1510. The summed E-state index contributed by atoms with van der Waals surface area (Å²) in [6.45, 7) is 0.194. The molecule has 0 radical (unpaired) electrons. The molecule has 1 unspecified atom stereocenters. The van der Waals surface area contributed by atoms with Gasteiger partial charge in [-0.15, -0.1) is 11.3 Å². The minimum Gasteiger partial charge on any atom is -0.443 e. The molecule has 2 aliphatic rings. The Balaban J connectivity index is 1.15. The first-order valence-corrected chi connectivity index (χ1v) is 13.7. The zero-order chi connectivity index (χ0) is 26.1. The predicted molar refractivity (Wildman–Crippen MR) is 144 cm³/mol. The van der Waals surface area contributed by atoms with Gasteiger partial charge in [0, 0.05) is 29.4 Å². The predicted octanol–water partition coefficient (Wildman–Crippen LogP) is 5.83. The summed E-state index contributed by atoms with van der Waals surface area (Å²) < 4.78 is 6.73. The fourth-order valence-electron chi connectivity index (χ4n) is 5.15. The summed E-state index contributed by atoms with van der Waals surface area (Å²) in [5.41, 5.74) is 5.30. The highest BCUT2D eigenvalue weighted by molar-refractivity contribution is 7.11. The number of hydrogen-bond acceptors (Lipinski definition) is 6. The summed E-state index contributed by atoms with van der Waals surface area (Å²) >= 11 is 1.42. The van der Waals surface area contributed by atoms with E-state index in [1.165, 1.54) is 16.0 Å². The molecule has 0 spiro atoms. The van der Waals surface area contributed by atoms with E-state index >= 15 is 0 Å². The van der Waals surface area contributed by atoms with E-state index in [-0.39, 0.29) is 24.6 Å². The molecule has 1 fully saturated rings. The van der Waals surface area contributed by atoms with E-state index in [0.29, 0.717) is 23.3 Å². The number of rotatable bonds is 6. The fourth-order valence-corrected chi connectivity index (χ4v) is 5.85. The van der Waals surface area contributed by atoms with E-state index in [0.717, 1.165) is 47.2 Å². The van der Waals surface area contributed by atoms with Crippen LogP contribution in [0.1, 0.15) is 51.3 Å². The molecule has 1 atom stereocenters. The third-order valence-corrected chi connectivity index (χ3v) is 8.04. The number of aryl methyl sites for hydroxylation is 1. The molecule has 190 valence electrons. The summed E-state index contributed by atoms with van der Waals surface area (Å²) in [5, 5.41) is 15.7. The first-order valence-electron chi connectivity index (χ1n) is 12.8. The van der Waals surface area contributed by atoms with Gasteiger partial charge in [0.2, 0.25) is 0 Å². The Hall–Kier alpha value is -4.22. The first kappa shape index (κ1) is 24.1. The maximum atomic E-state index is 13.7. The Labute approximate surface area is 224 Å². The highest BCUT2D eigenvalue weighted by atomic mass is 32.1. The monoisotopic (exact) mass is 522 g/mol. The van der Waals surface area contributed by atoms with Crippen molar-refractivity contribution in [1.29, 1.82) is 5.26 Å². The van der Waals surface area contributed by atoms with Gasteiger partial charge in [-0.2, -0.15) is 15.0 Å². The molecule has 8 heteroatoms. The number of nitrogens with zero attached hydrogens (tertiary/aromatic N) is 4. The van der Waals surface area contributed by atoms with Crippen LogP contribution >= 0.6 is 11.3 Å². The summed E-state index contributed by atoms with van der Waals surface area (Å²) in [5.74, 6) is 0.0352. The molecule has 2 aromatic carbocycles. The van der Waals surface area contributed by atoms with E-state index < -0.39 is 6.09 Å². The van der Waals surface area contributed by atoms with Gasteiger partial charge in [0.15, 0.2) is 0 Å². The van der Waals surface area contributed by atoms with Crippen molar-refractivity contribution in [3.05, 3.63) is 99.5 Å². The lowest BCUT2D eigenvalue weighted by atomic mass is 9.91. The number of benzene rings is 2. The largest absolute Gasteiger partial charge is 0.443 e. The highest BCUT2D eigenvalue weighted by Crippen LogP contribution is 2.35. The molecule has 0 N–H and O–H groups in total. The summed E-state index contributed by atoms with van der Waals surface area (Å²) in [7, 11) is 0. The molecule has 6 rings (SSSR count). The maximum absolute atomic E-state index is 13.7. The second-order valence-corrected chi connectivity index (χ2v) is 10.7. The number of fused-ring (bicyclic) bond motifs is 1. The van der Waals surface area contributed by atoms with Gasteiger partial charge in [-0.05, 0) is 72.4 Å². The second kappa shape index (κ2) is 10.3. The highest BCUT2D eigenvalue weighted by Gasteiger charge is 2.39. The lowest BCUT2D eigenvalue weighted by Crippen LogP contribution is -2.44.